The highest BCUT2D eigenvalue weighted by molar-refractivity contribution is 5.78. The Bertz CT molecular complexity index is 1410. The highest BCUT2D eigenvalue weighted by Crippen LogP contribution is 2.40. The van der Waals surface area contributed by atoms with Gasteiger partial charge in [-0.05, 0) is 56.2 Å². The zero-order chi connectivity index (χ0) is 27.9. The van der Waals surface area contributed by atoms with Crippen LogP contribution in [0.4, 0.5) is 10.3 Å². The van der Waals surface area contributed by atoms with E-state index in [4.69, 9.17) is 19.4 Å². The maximum absolute atomic E-state index is 13.8. The van der Waals surface area contributed by atoms with E-state index >= 15 is 0 Å². The van der Waals surface area contributed by atoms with Crippen molar-refractivity contribution in [3.8, 4) is 28.4 Å². The van der Waals surface area contributed by atoms with E-state index in [1.165, 1.54) is 12.1 Å². The quantitative estimate of drug-likeness (QED) is 0.219. The van der Waals surface area contributed by atoms with Crippen molar-refractivity contribution < 1.29 is 13.9 Å². The van der Waals surface area contributed by atoms with Crippen molar-refractivity contribution in [2.75, 3.05) is 45.8 Å². The van der Waals surface area contributed by atoms with Crippen LogP contribution in [-0.4, -0.2) is 64.9 Å². The molecule has 9 heteroatoms. The van der Waals surface area contributed by atoms with Crippen molar-refractivity contribution >= 4 is 5.95 Å². The summed E-state index contributed by atoms with van der Waals surface area (Å²) < 4.78 is 27.2. The molecule has 210 valence electrons. The molecule has 0 saturated heterocycles. The average molecular weight is 545 g/mol. The Hall–Kier alpha value is -3.82. The first-order chi connectivity index (χ1) is 19.6. The number of para-hydroxylation sites is 1. The standard InChI is InChI=1S/C31H37FN6O2/c1-4-33-31-34-17-16-26(35-31)30-29(22-10-12-24(32)13-11-22)36-28-15-14-25(38(28)30)21-37(18-7-19-39-2)20-23-8-5-6-9-27(23)40-3/h5-6,8-13,16-17,25H,4,7,14-15,18-21H2,1-3H3,(H,33,34,35)/t25-/m0/s1. The molecular weight excluding hydrogens is 507 g/mol. The number of aryl methyl sites for hydroxylation is 1. The van der Waals surface area contributed by atoms with Gasteiger partial charge in [0.1, 0.15) is 17.4 Å². The molecule has 0 bridgehead atoms. The SMILES string of the molecule is CCNc1nccc(-c2c(-c3ccc(F)cc3)nc3n2[C@H](CN(CCCOC)Cc2ccccc2OC)CC3)n1. The van der Waals surface area contributed by atoms with Crippen molar-refractivity contribution in [2.24, 2.45) is 0 Å². The lowest BCUT2D eigenvalue weighted by atomic mass is 10.1. The molecule has 4 aromatic rings. The second-order valence-corrected chi connectivity index (χ2v) is 9.98. The van der Waals surface area contributed by atoms with Gasteiger partial charge >= 0.3 is 0 Å². The van der Waals surface area contributed by atoms with Gasteiger partial charge in [-0.1, -0.05) is 18.2 Å². The number of ether oxygens (including phenoxy) is 2. The number of nitrogens with one attached hydrogen (secondary N) is 1. The number of rotatable bonds is 13. The zero-order valence-corrected chi connectivity index (χ0v) is 23.4. The fraction of sp³-hybridized carbons (Fsp3) is 0.387. The molecule has 8 nitrogen and oxygen atoms in total. The van der Waals surface area contributed by atoms with E-state index in [9.17, 15) is 4.39 Å². The van der Waals surface area contributed by atoms with E-state index in [1.807, 2.05) is 25.1 Å². The molecule has 1 aliphatic rings. The highest BCUT2D eigenvalue weighted by atomic mass is 19.1. The number of hydrogen-bond acceptors (Lipinski definition) is 7. The molecule has 1 atom stereocenters. The van der Waals surface area contributed by atoms with Crippen LogP contribution in [0, 0.1) is 5.82 Å². The molecular formula is C31H37FN6O2. The number of anilines is 1. The summed E-state index contributed by atoms with van der Waals surface area (Å²) in [5, 5.41) is 3.22. The van der Waals surface area contributed by atoms with Crippen molar-refractivity contribution in [3.05, 3.63) is 78.0 Å². The van der Waals surface area contributed by atoms with Gasteiger partial charge in [-0.3, -0.25) is 4.90 Å². The van der Waals surface area contributed by atoms with E-state index in [1.54, 1.807) is 32.5 Å². The van der Waals surface area contributed by atoms with Crippen LogP contribution < -0.4 is 10.1 Å². The Kier molecular flexibility index (Phi) is 9.03. The Morgan fingerprint density at radius 2 is 1.90 bits per heavy atom. The molecule has 0 aliphatic carbocycles. The molecule has 3 heterocycles. The van der Waals surface area contributed by atoms with E-state index in [0.717, 1.165) is 85.2 Å². The summed E-state index contributed by atoms with van der Waals surface area (Å²) in [6, 6.07) is 16.9. The maximum Gasteiger partial charge on any atom is 0.223 e. The van der Waals surface area contributed by atoms with E-state index < -0.39 is 0 Å². The lowest BCUT2D eigenvalue weighted by molar-refractivity contribution is 0.160. The molecule has 0 amide bonds. The van der Waals surface area contributed by atoms with Crippen LogP contribution in [-0.2, 0) is 17.7 Å². The van der Waals surface area contributed by atoms with Gasteiger partial charge in [0.05, 0.1) is 24.2 Å². The second-order valence-electron chi connectivity index (χ2n) is 9.98. The van der Waals surface area contributed by atoms with Gasteiger partial charge in [-0.25, -0.2) is 19.3 Å². The van der Waals surface area contributed by atoms with Gasteiger partial charge in [0.15, 0.2) is 0 Å². The van der Waals surface area contributed by atoms with E-state index in [0.29, 0.717) is 12.6 Å². The average Bonchev–Trinajstić information content (AvgIpc) is 3.54. The van der Waals surface area contributed by atoms with Crippen LogP contribution in [0.3, 0.4) is 0 Å². The van der Waals surface area contributed by atoms with Crippen molar-refractivity contribution in [1.82, 2.24) is 24.4 Å². The number of aromatic nitrogens is 4. The van der Waals surface area contributed by atoms with Gasteiger partial charge in [0.2, 0.25) is 5.95 Å². The summed E-state index contributed by atoms with van der Waals surface area (Å²) in [7, 11) is 3.46. The highest BCUT2D eigenvalue weighted by Gasteiger charge is 2.32. The number of imidazole rings is 1. The molecule has 1 aliphatic heterocycles. The van der Waals surface area contributed by atoms with Crippen molar-refractivity contribution in [2.45, 2.75) is 38.8 Å². The summed E-state index contributed by atoms with van der Waals surface area (Å²) in [6.07, 6.45) is 4.56. The first-order valence-electron chi connectivity index (χ1n) is 13.9. The third kappa shape index (κ3) is 6.16. The third-order valence-corrected chi connectivity index (χ3v) is 7.28. The minimum atomic E-state index is -0.269. The van der Waals surface area contributed by atoms with Crippen molar-refractivity contribution in [1.29, 1.82) is 0 Å². The Morgan fingerprint density at radius 1 is 1.07 bits per heavy atom. The molecule has 2 aromatic carbocycles. The topological polar surface area (TPSA) is 77.3 Å². The largest absolute Gasteiger partial charge is 0.496 e. The first-order valence-corrected chi connectivity index (χ1v) is 13.9. The molecule has 0 unspecified atom stereocenters. The summed E-state index contributed by atoms with van der Waals surface area (Å²) in [6.45, 7) is 5.95. The number of methoxy groups -OCH3 is 2. The Labute approximate surface area is 235 Å². The molecule has 0 spiro atoms. The minimum Gasteiger partial charge on any atom is -0.496 e. The van der Waals surface area contributed by atoms with Crippen molar-refractivity contribution in [3.63, 3.8) is 0 Å². The molecule has 5 rings (SSSR count). The Morgan fingerprint density at radius 3 is 2.67 bits per heavy atom. The fourth-order valence-corrected chi connectivity index (χ4v) is 5.47. The van der Waals surface area contributed by atoms with Crippen LogP contribution in [0.25, 0.3) is 22.6 Å². The van der Waals surface area contributed by atoms with Gasteiger partial charge < -0.3 is 19.4 Å². The molecule has 2 aromatic heterocycles. The summed E-state index contributed by atoms with van der Waals surface area (Å²) >= 11 is 0. The molecule has 0 radical (unpaired) electrons. The number of fused-ring (bicyclic) bond motifs is 1. The second kappa shape index (κ2) is 13.0. The lowest BCUT2D eigenvalue weighted by Crippen LogP contribution is -2.31. The van der Waals surface area contributed by atoms with E-state index in [-0.39, 0.29) is 11.9 Å². The lowest BCUT2D eigenvalue weighted by Gasteiger charge is -2.28. The molecule has 40 heavy (non-hydrogen) atoms. The maximum atomic E-state index is 13.8. The third-order valence-electron chi connectivity index (χ3n) is 7.28. The minimum absolute atomic E-state index is 0.196. The first kappa shape index (κ1) is 27.7. The normalized spacial score (nSPS) is 14.5. The van der Waals surface area contributed by atoms with Crippen LogP contribution in [0.15, 0.2) is 60.8 Å². The van der Waals surface area contributed by atoms with Gasteiger partial charge in [-0.2, -0.15) is 0 Å². The zero-order valence-electron chi connectivity index (χ0n) is 23.4. The van der Waals surface area contributed by atoms with Gasteiger partial charge in [-0.15, -0.1) is 0 Å². The summed E-state index contributed by atoms with van der Waals surface area (Å²) in [5.41, 5.74) is 4.58. The predicted molar refractivity (Wildman–Crippen MR) is 155 cm³/mol. The van der Waals surface area contributed by atoms with Crippen LogP contribution in [0.2, 0.25) is 0 Å². The number of halogens is 1. The van der Waals surface area contributed by atoms with E-state index in [2.05, 4.69) is 31.9 Å². The fourth-order valence-electron chi connectivity index (χ4n) is 5.47. The molecule has 0 fully saturated rings. The van der Waals surface area contributed by atoms with Crippen LogP contribution >= 0.6 is 0 Å². The monoisotopic (exact) mass is 544 g/mol. The smallest absolute Gasteiger partial charge is 0.223 e. The summed E-state index contributed by atoms with van der Waals surface area (Å²) in [4.78, 5) is 16.8. The summed E-state index contributed by atoms with van der Waals surface area (Å²) in [5.74, 6) is 2.23. The number of hydrogen-bond donors (Lipinski definition) is 1. The van der Waals surface area contributed by atoms with Gasteiger partial charge in [0, 0.05) is 69.7 Å². The van der Waals surface area contributed by atoms with Gasteiger partial charge in [0.25, 0.3) is 0 Å². The molecule has 1 N–H and O–H groups in total. The number of nitrogens with zero attached hydrogens (tertiary/aromatic N) is 5. The Balaban J connectivity index is 1.53. The number of benzene rings is 2. The van der Waals surface area contributed by atoms with Crippen LogP contribution in [0.1, 0.15) is 37.2 Å². The predicted octanol–water partition coefficient (Wildman–Crippen LogP) is 5.61. The van der Waals surface area contributed by atoms with Crippen LogP contribution in [0.5, 0.6) is 5.75 Å². The molecule has 0 saturated carbocycles.